The molecule has 6 heteroatoms. The summed E-state index contributed by atoms with van der Waals surface area (Å²) >= 11 is 0. The number of aliphatic carboxylic acids is 2. The molecule has 6 nitrogen and oxygen atoms in total. The van der Waals surface area contributed by atoms with Crippen molar-refractivity contribution >= 4 is 17.8 Å². The van der Waals surface area contributed by atoms with Gasteiger partial charge in [-0.3, -0.25) is 14.4 Å². The Hall–Kier alpha value is -1.59. The minimum absolute atomic E-state index is 0.0725. The molecule has 0 aliphatic heterocycles. The first-order valence-electron chi connectivity index (χ1n) is 3.62. The lowest BCUT2D eigenvalue weighted by atomic mass is 10.3. The van der Waals surface area contributed by atoms with Crippen LogP contribution < -0.4 is 0 Å². The highest BCUT2D eigenvalue weighted by molar-refractivity contribution is 5.80. The van der Waals surface area contributed by atoms with Crippen molar-refractivity contribution in [1.29, 1.82) is 0 Å². The first-order chi connectivity index (χ1) is 5.93. The monoisotopic (exact) mass is 189 g/mol. The summed E-state index contributed by atoms with van der Waals surface area (Å²) in [7, 11) is 0. The highest BCUT2D eigenvalue weighted by Crippen LogP contribution is 1.92. The maximum absolute atomic E-state index is 10.8. The number of hydrogen-bond donors (Lipinski definition) is 2. The molecule has 0 saturated carbocycles. The van der Waals surface area contributed by atoms with Crippen molar-refractivity contribution in [3.05, 3.63) is 0 Å². The van der Waals surface area contributed by atoms with Crippen LogP contribution in [0.3, 0.4) is 0 Å². The molecule has 13 heavy (non-hydrogen) atoms. The van der Waals surface area contributed by atoms with Gasteiger partial charge in [0, 0.05) is 13.5 Å². The molecule has 0 spiro atoms. The molecule has 0 aromatic carbocycles. The van der Waals surface area contributed by atoms with Gasteiger partial charge >= 0.3 is 11.9 Å². The summed E-state index contributed by atoms with van der Waals surface area (Å²) in [5.41, 5.74) is 0. The molecule has 74 valence electrons. The Balaban J connectivity index is 4.02. The van der Waals surface area contributed by atoms with E-state index in [1.165, 1.54) is 6.92 Å². The van der Waals surface area contributed by atoms with Gasteiger partial charge in [-0.05, 0) is 0 Å². The Kier molecular flexibility index (Phi) is 4.50. The van der Waals surface area contributed by atoms with Gasteiger partial charge in [-0.25, -0.2) is 0 Å². The summed E-state index contributed by atoms with van der Waals surface area (Å²) in [5, 5.41) is 16.6. The molecule has 0 aliphatic rings. The lowest BCUT2D eigenvalue weighted by Crippen LogP contribution is -2.35. The van der Waals surface area contributed by atoms with E-state index < -0.39 is 24.4 Å². The molecule has 0 fully saturated rings. The van der Waals surface area contributed by atoms with E-state index in [1.807, 2.05) is 0 Å². The Labute approximate surface area is 74.8 Å². The highest BCUT2D eigenvalue weighted by Gasteiger charge is 2.13. The Morgan fingerprint density at radius 2 is 1.69 bits per heavy atom. The SMILES string of the molecule is CC(=O)N(CCC(=O)O)CC(=O)O. The number of carbonyl (C=O) groups excluding carboxylic acids is 1. The van der Waals surface area contributed by atoms with E-state index in [4.69, 9.17) is 10.2 Å². The van der Waals surface area contributed by atoms with Crippen LogP contribution in [0.1, 0.15) is 13.3 Å². The van der Waals surface area contributed by atoms with Gasteiger partial charge in [-0.2, -0.15) is 0 Å². The van der Waals surface area contributed by atoms with Crippen LogP contribution in [-0.2, 0) is 14.4 Å². The molecule has 0 heterocycles. The molecule has 0 saturated heterocycles. The highest BCUT2D eigenvalue weighted by atomic mass is 16.4. The van der Waals surface area contributed by atoms with E-state index in [1.54, 1.807) is 0 Å². The number of carbonyl (C=O) groups is 3. The molecule has 0 aromatic heterocycles. The molecule has 0 aromatic rings. The van der Waals surface area contributed by atoms with Crippen LogP contribution in [0, 0.1) is 0 Å². The standard InChI is InChI=1S/C7H11NO5/c1-5(9)8(4-7(12)13)3-2-6(10)11/h2-4H2,1H3,(H,10,11)(H,12,13). The van der Waals surface area contributed by atoms with Crippen LogP contribution in [0.25, 0.3) is 0 Å². The van der Waals surface area contributed by atoms with Crippen LogP contribution in [0.2, 0.25) is 0 Å². The molecule has 2 N–H and O–H groups in total. The van der Waals surface area contributed by atoms with E-state index in [-0.39, 0.29) is 13.0 Å². The van der Waals surface area contributed by atoms with Crippen molar-refractivity contribution in [1.82, 2.24) is 4.90 Å². The number of carboxylic acids is 2. The predicted octanol–water partition coefficient (Wildman–Crippen LogP) is -0.606. The van der Waals surface area contributed by atoms with E-state index >= 15 is 0 Å². The zero-order valence-electron chi connectivity index (χ0n) is 7.19. The van der Waals surface area contributed by atoms with E-state index in [0.717, 1.165) is 4.90 Å². The number of carboxylic acid groups (broad SMARTS) is 2. The molecule has 0 bridgehead atoms. The van der Waals surface area contributed by atoms with Crippen molar-refractivity contribution in [2.45, 2.75) is 13.3 Å². The maximum atomic E-state index is 10.8. The molecule has 1 amide bonds. The van der Waals surface area contributed by atoms with E-state index in [0.29, 0.717) is 0 Å². The summed E-state index contributed by atoms with van der Waals surface area (Å²) < 4.78 is 0. The third-order valence-electron chi connectivity index (χ3n) is 1.37. The molecule has 0 aliphatic carbocycles. The zero-order valence-corrected chi connectivity index (χ0v) is 7.19. The summed E-state index contributed by atoms with van der Waals surface area (Å²) in [4.78, 5) is 32.1. The molecule has 0 atom stereocenters. The predicted molar refractivity (Wildman–Crippen MR) is 42.1 cm³/mol. The largest absolute Gasteiger partial charge is 0.481 e. The Morgan fingerprint density at radius 1 is 1.15 bits per heavy atom. The first kappa shape index (κ1) is 11.4. The van der Waals surface area contributed by atoms with Crippen molar-refractivity contribution in [3.8, 4) is 0 Å². The minimum Gasteiger partial charge on any atom is -0.481 e. The quantitative estimate of drug-likeness (QED) is 0.601. The first-order valence-corrected chi connectivity index (χ1v) is 3.62. The van der Waals surface area contributed by atoms with E-state index in [2.05, 4.69) is 0 Å². The number of hydrogen-bond acceptors (Lipinski definition) is 3. The fourth-order valence-electron chi connectivity index (χ4n) is 0.742. The van der Waals surface area contributed by atoms with Crippen LogP contribution in [0.15, 0.2) is 0 Å². The summed E-state index contributed by atoms with van der Waals surface area (Å²) in [6.07, 6.45) is -0.243. The van der Waals surface area contributed by atoms with Crippen molar-refractivity contribution in [2.75, 3.05) is 13.1 Å². The lowest BCUT2D eigenvalue weighted by Gasteiger charge is -2.16. The maximum Gasteiger partial charge on any atom is 0.323 e. The third-order valence-corrected chi connectivity index (χ3v) is 1.37. The molecule has 0 rings (SSSR count). The van der Waals surface area contributed by atoms with Gasteiger partial charge < -0.3 is 15.1 Å². The van der Waals surface area contributed by atoms with Gasteiger partial charge in [0.15, 0.2) is 0 Å². The summed E-state index contributed by atoms with van der Waals surface area (Å²) in [6, 6.07) is 0. The number of amides is 1. The fourth-order valence-corrected chi connectivity index (χ4v) is 0.742. The lowest BCUT2D eigenvalue weighted by molar-refractivity contribution is -0.145. The van der Waals surface area contributed by atoms with Crippen molar-refractivity contribution in [3.63, 3.8) is 0 Å². The second-order valence-corrected chi connectivity index (χ2v) is 2.48. The summed E-state index contributed by atoms with van der Waals surface area (Å²) in [5.74, 6) is -2.65. The van der Waals surface area contributed by atoms with Crippen LogP contribution in [-0.4, -0.2) is 46.0 Å². The molecular formula is C7H11NO5. The van der Waals surface area contributed by atoms with Gasteiger partial charge in [0.25, 0.3) is 0 Å². The van der Waals surface area contributed by atoms with Crippen molar-refractivity contribution < 1.29 is 24.6 Å². The fraction of sp³-hybridized carbons (Fsp3) is 0.571. The third kappa shape index (κ3) is 5.66. The normalized spacial score (nSPS) is 9.31. The second-order valence-electron chi connectivity index (χ2n) is 2.48. The Bertz CT molecular complexity index is 225. The van der Waals surface area contributed by atoms with Crippen LogP contribution in [0.4, 0.5) is 0 Å². The van der Waals surface area contributed by atoms with E-state index in [9.17, 15) is 14.4 Å². The minimum atomic E-state index is -1.15. The smallest absolute Gasteiger partial charge is 0.323 e. The van der Waals surface area contributed by atoms with Gasteiger partial charge in [0.2, 0.25) is 5.91 Å². The number of rotatable bonds is 5. The Morgan fingerprint density at radius 3 is 2.00 bits per heavy atom. The molecule has 0 unspecified atom stereocenters. The summed E-state index contributed by atoms with van der Waals surface area (Å²) in [6.45, 7) is 0.671. The van der Waals surface area contributed by atoms with Crippen molar-refractivity contribution in [2.24, 2.45) is 0 Å². The average molecular weight is 189 g/mol. The zero-order chi connectivity index (χ0) is 10.4. The van der Waals surface area contributed by atoms with Crippen LogP contribution >= 0.6 is 0 Å². The van der Waals surface area contributed by atoms with Gasteiger partial charge in [0.05, 0.1) is 6.42 Å². The van der Waals surface area contributed by atoms with Gasteiger partial charge in [-0.15, -0.1) is 0 Å². The van der Waals surface area contributed by atoms with Gasteiger partial charge in [0.1, 0.15) is 6.54 Å². The second kappa shape index (κ2) is 5.13. The number of nitrogens with zero attached hydrogens (tertiary/aromatic N) is 1. The van der Waals surface area contributed by atoms with Gasteiger partial charge in [-0.1, -0.05) is 0 Å². The van der Waals surface area contributed by atoms with Crippen LogP contribution in [0.5, 0.6) is 0 Å². The average Bonchev–Trinajstić information content (AvgIpc) is 1.96. The molecular weight excluding hydrogens is 178 g/mol. The topological polar surface area (TPSA) is 94.9 Å². The molecule has 0 radical (unpaired) electrons.